The quantitative estimate of drug-likeness (QED) is 0.0555. The molecule has 0 rings (SSSR count). The maximum atomic E-state index is 12.2. The van der Waals surface area contributed by atoms with Crippen LogP contribution in [0.25, 0.3) is 0 Å². The maximum absolute atomic E-state index is 12.2. The van der Waals surface area contributed by atoms with Crippen molar-refractivity contribution in [2.75, 3.05) is 47.5 Å². The van der Waals surface area contributed by atoms with Crippen LogP contribution in [0.15, 0.2) is 72.9 Å². The van der Waals surface area contributed by atoms with Crippen LogP contribution in [-0.4, -0.2) is 70.0 Å². The molecule has 0 saturated heterocycles. The molecular formula is C32H52NO8P. The fourth-order valence-corrected chi connectivity index (χ4v) is 3.78. The van der Waals surface area contributed by atoms with E-state index in [1.165, 1.54) is 6.92 Å². The normalized spacial score (nSPS) is 15.1. The molecule has 0 N–H and O–H groups in total. The summed E-state index contributed by atoms with van der Waals surface area (Å²) in [6, 6.07) is 0. The molecule has 0 aromatic heterocycles. The molecule has 0 radical (unpaired) electrons. The highest BCUT2D eigenvalue weighted by atomic mass is 31.2. The van der Waals surface area contributed by atoms with Gasteiger partial charge < -0.3 is 27.9 Å². The number of phosphoric ester groups is 1. The number of hydrogen-bond acceptors (Lipinski definition) is 8. The van der Waals surface area contributed by atoms with Crippen molar-refractivity contribution in [2.24, 2.45) is 0 Å². The van der Waals surface area contributed by atoms with E-state index in [1.54, 1.807) is 0 Å². The molecule has 0 bridgehead atoms. The first-order valence-corrected chi connectivity index (χ1v) is 16.0. The first-order valence-electron chi connectivity index (χ1n) is 14.6. The zero-order valence-corrected chi connectivity index (χ0v) is 27.0. The van der Waals surface area contributed by atoms with Crippen molar-refractivity contribution in [3.63, 3.8) is 0 Å². The largest absolute Gasteiger partial charge is 0.756 e. The van der Waals surface area contributed by atoms with Crippen LogP contribution in [0.5, 0.6) is 0 Å². The molecule has 0 aliphatic rings. The number of ether oxygens (including phenoxy) is 2. The Hall–Kier alpha value is -2.55. The van der Waals surface area contributed by atoms with Crippen LogP contribution in [0, 0.1) is 0 Å². The lowest BCUT2D eigenvalue weighted by molar-refractivity contribution is -0.870. The summed E-state index contributed by atoms with van der Waals surface area (Å²) >= 11 is 0. The van der Waals surface area contributed by atoms with Crippen LogP contribution < -0.4 is 4.89 Å². The van der Waals surface area contributed by atoms with Gasteiger partial charge in [0, 0.05) is 13.3 Å². The second-order valence-corrected chi connectivity index (χ2v) is 11.9. The highest BCUT2D eigenvalue weighted by Gasteiger charge is 2.21. The average molecular weight is 610 g/mol. The van der Waals surface area contributed by atoms with Gasteiger partial charge >= 0.3 is 11.9 Å². The van der Waals surface area contributed by atoms with E-state index in [2.05, 4.69) is 67.7 Å². The summed E-state index contributed by atoms with van der Waals surface area (Å²) in [5.74, 6) is -1.14. The lowest BCUT2D eigenvalue weighted by Gasteiger charge is -2.28. The van der Waals surface area contributed by atoms with Crippen LogP contribution in [0.3, 0.4) is 0 Å². The Morgan fingerprint density at radius 1 is 0.762 bits per heavy atom. The topological polar surface area (TPSA) is 111 Å². The molecule has 10 heteroatoms. The van der Waals surface area contributed by atoms with Crippen molar-refractivity contribution < 1.29 is 42.1 Å². The number of nitrogens with zero attached hydrogens (tertiary/aromatic N) is 1. The van der Waals surface area contributed by atoms with Gasteiger partial charge in [0.2, 0.25) is 0 Å². The van der Waals surface area contributed by atoms with Crippen molar-refractivity contribution in [1.29, 1.82) is 0 Å². The van der Waals surface area contributed by atoms with E-state index in [1.807, 2.05) is 33.3 Å². The molecule has 0 aromatic rings. The van der Waals surface area contributed by atoms with Crippen LogP contribution in [-0.2, 0) is 32.7 Å². The smallest absolute Gasteiger partial charge is 0.306 e. The predicted octanol–water partition coefficient (Wildman–Crippen LogP) is 6.15. The van der Waals surface area contributed by atoms with Crippen molar-refractivity contribution in [1.82, 2.24) is 0 Å². The molecule has 0 heterocycles. The number of hydrogen-bond donors (Lipinski definition) is 0. The standard InChI is InChI=1S/C32H52NO8P/c1-6-7-8-9-10-11-12-13-14-15-16-17-18-19-20-21-22-23-24-25-32(35)41-31(28-38-30(2)34)29-40-42(36,37)39-27-26-33(3,4)5/h7-8,10-11,13-14,16-17,19-20,22-23,31H,6,9,12,15,18,21,24-29H2,1-5H3/b8-7-,11-10-,14-13-,17-16-,20-19-,23-22-/t31-/m1/s1. The third-order valence-corrected chi connectivity index (χ3v) is 6.28. The maximum Gasteiger partial charge on any atom is 0.306 e. The van der Waals surface area contributed by atoms with Crippen molar-refractivity contribution in [3.8, 4) is 0 Å². The Kier molecular flexibility index (Phi) is 23.5. The Bertz CT molecular complexity index is 960. The first kappa shape index (κ1) is 39.5. The van der Waals surface area contributed by atoms with E-state index >= 15 is 0 Å². The summed E-state index contributed by atoms with van der Waals surface area (Å²) in [6.45, 7) is 2.91. The van der Waals surface area contributed by atoms with Crippen LogP contribution >= 0.6 is 7.82 Å². The second kappa shape index (κ2) is 25.0. The summed E-state index contributed by atoms with van der Waals surface area (Å²) < 4.78 is 32.4. The highest BCUT2D eigenvalue weighted by molar-refractivity contribution is 7.45. The first-order chi connectivity index (χ1) is 19.9. The summed E-state index contributed by atoms with van der Waals surface area (Å²) in [4.78, 5) is 35.4. The molecule has 0 aromatic carbocycles. The number of quaternary nitrogens is 1. The second-order valence-electron chi connectivity index (χ2n) is 10.5. The molecular weight excluding hydrogens is 557 g/mol. The van der Waals surface area contributed by atoms with Crippen molar-refractivity contribution >= 4 is 19.8 Å². The van der Waals surface area contributed by atoms with Gasteiger partial charge in [-0.2, -0.15) is 0 Å². The minimum atomic E-state index is -4.60. The minimum absolute atomic E-state index is 0.0510. The Balaban J connectivity index is 4.23. The van der Waals surface area contributed by atoms with Crippen molar-refractivity contribution in [2.45, 2.75) is 71.3 Å². The molecule has 1 unspecified atom stereocenters. The molecule has 0 fully saturated rings. The van der Waals surface area contributed by atoms with Gasteiger partial charge in [-0.05, 0) is 44.9 Å². The molecule has 0 aliphatic carbocycles. The highest BCUT2D eigenvalue weighted by Crippen LogP contribution is 2.38. The summed E-state index contributed by atoms with van der Waals surface area (Å²) in [7, 11) is 1.09. The molecule has 42 heavy (non-hydrogen) atoms. The number of phosphoric acid groups is 1. The van der Waals surface area contributed by atoms with E-state index in [-0.39, 0.29) is 19.6 Å². The fourth-order valence-electron chi connectivity index (χ4n) is 3.05. The van der Waals surface area contributed by atoms with Gasteiger partial charge in [0.25, 0.3) is 7.82 Å². The van der Waals surface area contributed by atoms with Gasteiger partial charge in [-0.15, -0.1) is 0 Å². The third kappa shape index (κ3) is 29.0. The summed E-state index contributed by atoms with van der Waals surface area (Å²) in [6.07, 6.45) is 30.3. The number of esters is 2. The minimum Gasteiger partial charge on any atom is -0.756 e. The van der Waals surface area contributed by atoms with E-state index in [4.69, 9.17) is 18.5 Å². The molecule has 0 aliphatic heterocycles. The number of rotatable bonds is 24. The molecule has 238 valence electrons. The monoisotopic (exact) mass is 609 g/mol. The van der Waals surface area contributed by atoms with Gasteiger partial charge in [0.05, 0.1) is 27.7 Å². The average Bonchev–Trinajstić information content (AvgIpc) is 2.90. The molecule has 0 spiro atoms. The third-order valence-electron chi connectivity index (χ3n) is 5.31. The summed E-state index contributed by atoms with van der Waals surface area (Å²) in [5.41, 5.74) is 0. The van der Waals surface area contributed by atoms with Crippen LogP contribution in [0.1, 0.15) is 65.2 Å². The van der Waals surface area contributed by atoms with Gasteiger partial charge in [-0.1, -0.05) is 79.8 Å². The van der Waals surface area contributed by atoms with E-state index in [0.29, 0.717) is 17.4 Å². The fraction of sp³-hybridized carbons (Fsp3) is 0.562. The Morgan fingerprint density at radius 3 is 1.69 bits per heavy atom. The van der Waals surface area contributed by atoms with Gasteiger partial charge in [-0.3, -0.25) is 14.2 Å². The predicted molar refractivity (Wildman–Crippen MR) is 166 cm³/mol. The Morgan fingerprint density at radius 2 is 1.24 bits per heavy atom. The molecule has 0 amide bonds. The molecule has 0 saturated carbocycles. The lowest BCUT2D eigenvalue weighted by atomic mass is 10.2. The number of allylic oxidation sites excluding steroid dienone is 12. The van der Waals surface area contributed by atoms with Crippen molar-refractivity contribution in [3.05, 3.63) is 72.9 Å². The lowest BCUT2D eigenvalue weighted by Crippen LogP contribution is -2.37. The van der Waals surface area contributed by atoms with Gasteiger partial charge in [0.1, 0.15) is 19.8 Å². The van der Waals surface area contributed by atoms with Gasteiger partial charge in [0.15, 0.2) is 6.10 Å². The van der Waals surface area contributed by atoms with Crippen LogP contribution in [0.4, 0.5) is 0 Å². The van der Waals surface area contributed by atoms with E-state index in [0.717, 1.165) is 38.5 Å². The number of likely N-dealkylation sites (N-methyl/N-ethyl adjacent to an activating group) is 1. The Labute approximate surface area is 253 Å². The number of carbonyl (C=O) groups is 2. The zero-order chi connectivity index (χ0) is 31.5. The van der Waals surface area contributed by atoms with E-state index < -0.39 is 32.5 Å². The molecule has 9 nitrogen and oxygen atoms in total. The number of carbonyl (C=O) groups excluding carboxylic acids is 2. The summed E-state index contributed by atoms with van der Waals surface area (Å²) in [5, 5.41) is 0. The van der Waals surface area contributed by atoms with Gasteiger partial charge in [-0.25, -0.2) is 0 Å². The van der Waals surface area contributed by atoms with E-state index in [9.17, 15) is 19.0 Å². The molecule has 2 atom stereocenters. The van der Waals surface area contributed by atoms with Crippen LogP contribution in [0.2, 0.25) is 0 Å². The SMILES string of the molecule is CC/C=C\C/C=C\C/C=C\C/C=C\C/C=C\C/C=C\CCC(=O)O[C@H](COC(C)=O)COP(=O)([O-])OCC[N+](C)(C)C. The zero-order valence-electron chi connectivity index (χ0n) is 26.2.